The molecule has 2 amide bonds. The highest BCUT2D eigenvalue weighted by Gasteiger charge is 2.23. The predicted octanol–water partition coefficient (Wildman–Crippen LogP) is 3.05. The molecule has 0 unspecified atom stereocenters. The molecule has 1 saturated carbocycles. The Morgan fingerprint density at radius 2 is 2.00 bits per heavy atom. The van der Waals surface area contributed by atoms with Crippen LogP contribution < -0.4 is 10.6 Å². The van der Waals surface area contributed by atoms with Crippen LogP contribution in [0.25, 0.3) is 0 Å². The van der Waals surface area contributed by atoms with Crippen molar-refractivity contribution in [2.45, 2.75) is 29.5 Å². The fourth-order valence-corrected chi connectivity index (χ4v) is 3.91. The maximum absolute atomic E-state index is 12.3. The summed E-state index contributed by atoms with van der Waals surface area (Å²) >= 11 is 3.34. The molecule has 2 aromatic rings. The molecule has 1 heterocycles. The lowest BCUT2D eigenvalue weighted by molar-refractivity contribution is -0.120. The molecule has 6 heteroatoms. The van der Waals surface area contributed by atoms with Crippen molar-refractivity contribution in [1.82, 2.24) is 10.6 Å². The molecule has 120 valence electrons. The fraction of sp³-hybridized carbons (Fsp3) is 0.294. The normalized spacial score (nSPS) is 13.6. The van der Waals surface area contributed by atoms with E-state index in [1.54, 1.807) is 29.2 Å². The van der Waals surface area contributed by atoms with E-state index >= 15 is 0 Å². The van der Waals surface area contributed by atoms with Gasteiger partial charge in [-0.2, -0.15) is 0 Å². The zero-order chi connectivity index (χ0) is 16.1. The standard InChI is InChI=1S/C17H18N2O2S2/c20-16(19-12-7-8-12)10-18-17(21)14-5-1-2-6-15(14)23-11-13-4-3-9-22-13/h1-6,9,12H,7-8,10-11H2,(H,18,21)(H,19,20). The Labute approximate surface area is 143 Å². The number of nitrogens with one attached hydrogen (secondary N) is 2. The predicted molar refractivity (Wildman–Crippen MR) is 93.8 cm³/mol. The van der Waals surface area contributed by atoms with E-state index in [0.717, 1.165) is 23.5 Å². The van der Waals surface area contributed by atoms with E-state index in [2.05, 4.69) is 16.7 Å². The average Bonchev–Trinajstić information content (AvgIpc) is 3.22. The van der Waals surface area contributed by atoms with Gasteiger partial charge in [0.2, 0.25) is 5.91 Å². The largest absolute Gasteiger partial charge is 0.352 e. The van der Waals surface area contributed by atoms with Gasteiger partial charge in [0.25, 0.3) is 5.91 Å². The van der Waals surface area contributed by atoms with E-state index in [0.29, 0.717) is 11.6 Å². The molecule has 0 saturated heterocycles. The van der Waals surface area contributed by atoms with Crippen LogP contribution in [0.15, 0.2) is 46.7 Å². The fourth-order valence-electron chi connectivity index (χ4n) is 2.09. The Morgan fingerprint density at radius 1 is 1.17 bits per heavy atom. The van der Waals surface area contributed by atoms with Crippen LogP contribution in [0, 0.1) is 0 Å². The van der Waals surface area contributed by atoms with Gasteiger partial charge >= 0.3 is 0 Å². The van der Waals surface area contributed by atoms with Crippen LogP contribution in [0.2, 0.25) is 0 Å². The van der Waals surface area contributed by atoms with Crippen molar-refractivity contribution in [3.8, 4) is 0 Å². The Kier molecular flexibility index (Phi) is 5.35. The Balaban J connectivity index is 1.57. The van der Waals surface area contributed by atoms with Gasteiger partial charge in [0.05, 0.1) is 12.1 Å². The van der Waals surface area contributed by atoms with Crippen LogP contribution in [0.4, 0.5) is 0 Å². The number of thiophene rings is 1. The van der Waals surface area contributed by atoms with E-state index in [1.807, 2.05) is 29.6 Å². The number of amides is 2. The molecule has 0 spiro atoms. The van der Waals surface area contributed by atoms with Gasteiger partial charge in [0.1, 0.15) is 0 Å². The Hall–Kier alpha value is -1.79. The van der Waals surface area contributed by atoms with Gasteiger partial charge < -0.3 is 10.6 Å². The van der Waals surface area contributed by atoms with Crippen molar-refractivity contribution in [2.24, 2.45) is 0 Å². The summed E-state index contributed by atoms with van der Waals surface area (Å²) in [5.41, 5.74) is 0.619. The molecular formula is C17H18N2O2S2. The van der Waals surface area contributed by atoms with E-state index in [9.17, 15) is 9.59 Å². The van der Waals surface area contributed by atoms with Crippen LogP contribution in [-0.4, -0.2) is 24.4 Å². The summed E-state index contributed by atoms with van der Waals surface area (Å²) in [5.74, 6) is 0.513. The first kappa shape index (κ1) is 16.1. The van der Waals surface area contributed by atoms with Crippen molar-refractivity contribution in [3.63, 3.8) is 0 Å². The van der Waals surface area contributed by atoms with Crippen LogP contribution in [0.1, 0.15) is 28.1 Å². The molecule has 0 aliphatic heterocycles. The van der Waals surface area contributed by atoms with Crippen molar-refractivity contribution in [2.75, 3.05) is 6.54 Å². The van der Waals surface area contributed by atoms with Crippen LogP contribution in [0.3, 0.4) is 0 Å². The van der Waals surface area contributed by atoms with Gasteiger partial charge in [-0.1, -0.05) is 18.2 Å². The van der Waals surface area contributed by atoms with E-state index < -0.39 is 0 Å². The summed E-state index contributed by atoms with van der Waals surface area (Å²) in [6.45, 7) is 0.0270. The smallest absolute Gasteiger partial charge is 0.252 e. The number of benzene rings is 1. The third-order valence-electron chi connectivity index (χ3n) is 3.43. The number of hydrogen-bond donors (Lipinski definition) is 2. The van der Waals surface area contributed by atoms with Crippen molar-refractivity contribution >= 4 is 34.9 Å². The topological polar surface area (TPSA) is 58.2 Å². The molecule has 1 aliphatic rings. The average molecular weight is 346 g/mol. The van der Waals surface area contributed by atoms with Crippen molar-refractivity contribution in [1.29, 1.82) is 0 Å². The molecule has 1 fully saturated rings. The second-order valence-corrected chi connectivity index (χ2v) is 7.44. The quantitative estimate of drug-likeness (QED) is 0.758. The molecule has 1 aromatic heterocycles. The number of rotatable bonds is 7. The summed E-state index contributed by atoms with van der Waals surface area (Å²) < 4.78 is 0. The molecule has 23 heavy (non-hydrogen) atoms. The first-order chi connectivity index (χ1) is 11.2. The van der Waals surface area contributed by atoms with Gasteiger partial charge in [-0.3, -0.25) is 9.59 Å². The third-order valence-corrected chi connectivity index (χ3v) is 5.62. The molecule has 0 radical (unpaired) electrons. The monoisotopic (exact) mass is 346 g/mol. The SMILES string of the molecule is O=C(CNC(=O)c1ccccc1SCc1cccs1)NC1CC1. The van der Waals surface area contributed by atoms with Crippen LogP contribution in [0.5, 0.6) is 0 Å². The van der Waals surface area contributed by atoms with Crippen LogP contribution in [-0.2, 0) is 10.5 Å². The minimum absolute atomic E-state index is 0.0270. The first-order valence-electron chi connectivity index (χ1n) is 7.54. The first-order valence-corrected chi connectivity index (χ1v) is 9.40. The molecule has 0 atom stereocenters. The number of thioether (sulfide) groups is 1. The molecule has 1 aromatic carbocycles. The highest BCUT2D eigenvalue weighted by Crippen LogP contribution is 2.27. The molecular weight excluding hydrogens is 328 g/mol. The lowest BCUT2D eigenvalue weighted by Crippen LogP contribution is -2.37. The van der Waals surface area contributed by atoms with Crippen molar-refractivity contribution in [3.05, 3.63) is 52.2 Å². The summed E-state index contributed by atoms with van der Waals surface area (Å²) in [4.78, 5) is 26.2. The summed E-state index contributed by atoms with van der Waals surface area (Å²) in [6.07, 6.45) is 2.09. The second kappa shape index (κ2) is 7.66. The molecule has 0 bridgehead atoms. The lowest BCUT2D eigenvalue weighted by Gasteiger charge is -2.09. The van der Waals surface area contributed by atoms with E-state index in [-0.39, 0.29) is 18.4 Å². The van der Waals surface area contributed by atoms with Gasteiger partial charge in [0, 0.05) is 21.6 Å². The molecule has 1 aliphatic carbocycles. The van der Waals surface area contributed by atoms with Gasteiger partial charge in [-0.25, -0.2) is 0 Å². The minimum atomic E-state index is -0.203. The lowest BCUT2D eigenvalue weighted by atomic mass is 10.2. The minimum Gasteiger partial charge on any atom is -0.352 e. The summed E-state index contributed by atoms with van der Waals surface area (Å²) in [5, 5.41) is 7.61. The molecule has 3 rings (SSSR count). The molecule has 4 nitrogen and oxygen atoms in total. The zero-order valence-electron chi connectivity index (χ0n) is 12.6. The van der Waals surface area contributed by atoms with Gasteiger partial charge in [0.15, 0.2) is 0 Å². The van der Waals surface area contributed by atoms with Gasteiger partial charge in [-0.05, 0) is 36.4 Å². The summed E-state index contributed by atoms with van der Waals surface area (Å²) in [7, 11) is 0. The number of carbonyl (C=O) groups excluding carboxylic acids is 2. The van der Waals surface area contributed by atoms with E-state index in [1.165, 1.54) is 4.88 Å². The van der Waals surface area contributed by atoms with Gasteiger partial charge in [-0.15, -0.1) is 23.1 Å². The Morgan fingerprint density at radius 3 is 2.74 bits per heavy atom. The maximum atomic E-state index is 12.3. The maximum Gasteiger partial charge on any atom is 0.252 e. The van der Waals surface area contributed by atoms with Crippen molar-refractivity contribution < 1.29 is 9.59 Å². The second-order valence-electron chi connectivity index (χ2n) is 5.39. The number of hydrogen-bond acceptors (Lipinski definition) is 4. The van der Waals surface area contributed by atoms with Crippen LogP contribution >= 0.6 is 23.1 Å². The highest BCUT2D eigenvalue weighted by atomic mass is 32.2. The summed E-state index contributed by atoms with van der Waals surface area (Å²) in [6, 6.07) is 11.9. The zero-order valence-corrected chi connectivity index (χ0v) is 14.2. The molecule has 2 N–H and O–H groups in total. The van der Waals surface area contributed by atoms with E-state index in [4.69, 9.17) is 0 Å². The highest BCUT2D eigenvalue weighted by molar-refractivity contribution is 7.98. The number of carbonyl (C=O) groups is 2. The third kappa shape index (κ3) is 4.84. The Bertz CT molecular complexity index is 682.